The molecule has 0 radical (unpaired) electrons. The minimum absolute atomic E-state index is 0.322. The molecule has 0 amide bonds. The second-order valence-corrected chi connectivity index (χ2v) is 7.20. The van der Waals surface area contributed by atoms with Crippen molar-refractivity contribution in [3.8, 4) is 6.07 Å². The molecule has 0 aromatic rings. The van der Waals surface area contributed by atoms with Crippen molar-refractivity contribution in [2.45, 2.75) is 50.5 Å². The first-order chi connectivity index (χ1) is 8.27. The summed E-state index contributed by atoms with van der Waals surface area (Å²) in [5, 5.41) is 9.09. The highest BCUT2D eigenvalue weighted by Crippen LogP contribution is 2.58. The van der Waals surface area contributed by atoms with Crippen LogP contribution in [-0.2, 0) is 0 Å². The van der Waals surface area contributed by atoms with Gasteiger partial charge in [0.2, 0.25) is 0 Å². The van der Waals surface area contributed by atoms with Crippen molar-refractivity contribution in [1.82, 2.24) is 4.90 Å². The summed E-state index contributed by atoms with van der Waals surface area (Å²) in [4.78, 5) is 2.73. The molecule has 1 unspecified atom stereocenters. The summed E-state index contributed by atoms with van der Waals surface area (Å²) in [5.74, 6) is 3.41. The summed E-state index contributed by atoms with van der Waals surface area (Å²) in [5.41, 5.74) is 0.542. The lowest BCUT2D eigenvalue weighted by atomic mass is 9.52. The van der Waals surface area contributed by atoms with Gasteiger partial charge in [0.1, 0.15) is 0 Å². The number of hydrogen-bond donors (Lipinski definition) is 0. The average molecular weight is 230 g/mol. The van der Waals surface area contributed by atoms with E-state index in [0.717, 1.165) is 30.7 Å². The van der Waals surface area contributed by atoms with Gasteiger partial charge in [-0.1, -0.05) is 0 Å². The van der Waals surface area contributed by atoms with Gasteiger partial charge in [-0.15, -0.1) is 0 Å². The highest BCUT2D eigenvalue weighted by Gasteiger charge is 2.54. The SMILES string of the molecule is N#CC1CCN(C23CC4CC(CC(C4)C2)C3)C1. The van der Waals surface area contributed by atoms with E-state index in [9.17, 15) is 0 Å². The number of nitrogens with zero attached hydrogens (tertiary/aromatic N) is 2. The first-order valence-electron chi connectivity index (χ1n) is 7.42. The second kappa shape index (κ2) is 3.48. The highest BCUT2D eigenvalue weighted by molar-refractivity contribution is 5.09. The molecule has 1 atom stereocenters. The zero-order valence-electron chi connectivity index (χ0n) is 10.6. The Balaban J connectivity index is 1.59. The van der Waals surface area contributed by atoms with Crippen LogP contribution in [0.1, 0.15) is 44.9 Å². The predicted molar refractivity (Wildman–Crippen MR) is 66.2 cm³/mol. The van der Waals surface area contributed by atoms with E-state index in [4.69, 9.17) is 5.26 Å². The Kier molecular flexibility index (Phi) is 2.12. The molecule has 1 heterocycles. The van der Waals surface area contributed by atoms with Gasteiger partial charge >= 0.3 is 0 Å². The van der Waals surface area contributed by atoms with Gasteiger partial charge in [-0.2, -0.15) is 5.26 Å². The van der Waals surface area contributed by atoms with Crippen LogP contribution >= 0.6 is 0 Å². The lowest BCUT2D eigenvalue weighted by molar-refractivity contribution is -0.0808. The summed E-state index contributed by atoms with van der Waals surface area (Å²) in [7, 11) is 0. The normalized spacial score (nSPS) is 52.9. The molecule has 2 heteroatoms. The Morgan fingerprint density at radius 2 is 1.59 bits per heavy atom. The fourth-order valence-corrected chi connectivity index (χ4v) is 5.75. The van der Waals surface area contributed by atoms with Crippen molar-refractivity contribution in [3.05, 3.63) is 0 Å². The fourth-order valence-electron chi connectivity index (χ4n) is 5.75. The van der Waals surface area contributed by atoms with Crippen molar-refractivity contribution < 1.29 is 0 Å². The van der Waals surface area contributed by atoms with Crippen molar-refractivity contribution in [3.63, 3.8) is 0 Å². The molecule has 92 valence electrons. The molecular weight excluding hydrogens is 208 g/mol. The lowest BCUT2D eigenvalue weighted by Gasteiger charge is -2.60. The Labute approximate surface area is 104 Å². The molecule has 5 aliphatic rings. The van der Waals surface area contributed by atoms with Crippen LogP contribution in [0, 0.1) is 35.0 Å². The summed E-state index contributed by atoms with van der Waals surface area (Å²) < 4.78 is 0. The summed E-state index contributed by atoms with van der Waals surface area (Å²) in [6.45, 7) is 2.27. The third-order valence-electron chi connectivity index (χ3n) is 6.05. The summed E-state index contributed by atoms with van der Waals surface area (Å²) in [6.07, 6.45) is 10.1. The smallest absolute Gasteiger partial charge is 0.0669 e. The van der Waals surface area contributed by atoms with Crippen molar-refractivity contribution in [1.29, 1.82) is 5.26 Å². The van der Waals surface area contributed by atoms with Gasteiger partial charge in [0.25, 0.3) is 0 Å². The van der Waals surface area contributed by atoms with Crippen molar-refractivity contribution >= 4 is 0 Å². The van der Waals surface area contributed by atoms with E-state index in [1.807, 2.05) is 0 Å². The Morgan fingerprint density at radius 3 is 2.06 bits per heavy atom. The molecule has 4 saturated carbocycles. The van der Waals surface area contributed by atoms with Gasteiger partial charge in [-0.05, 0) is 62.7 Å². The molecule has 5 fully saturated rings. The van der Waals surface area contributed by atoms with Crippen LogP contribution < -0.4 is 0 Å². The molecule has 1 aliphatic heterocycles. The predicted octanol–water partition coefficient (Wildman–Crippen LogP) is 2.80. The van der Waals surface area contributed by atoms with Crippen LogP contribution in [0.25, 0.3) is 0 Å². The first kappa shape index (κ1) is 10.4. The zero-order valence-corrected chi connectivity index (χ0v) is 10.6. The van der Waals surface area contributed by atoms with E-state index in [2.05, 4.69) is 11.0 Å². The van der Waals surface area contributed by atoms with E-state index in [1.54, 1.807) is 0 Å². The largest absolute Gasteiger partial charge is 0.296 e. The molecule has 1 saturated heterocycles. The van der Waals surface area contributed by atoms with E-state index >= 15 is 0 Å². The fraction of sp³-hybridized carbons (Fsp3) is 0.933. The Hall–Kier alpha value is -0.550. The molecule has 5 rings (SSSR count). The van der Waals surface area contributed by atoms with E-state index in [0.29, 0.717) is 11.5 Å². The van der Waals surface area contributed by atoms with Gasteiger partial charge in [0.05, 0.1) is 12.0 Å². The molecular formula is C15H22N2. The van der Waals surface area contributed by atoms with E-state index in [1.165, 1.54) is 45.1 Å². The topological polar surface area (TPSA) is 27.0 Å². The monoisotopic (exact) mass is 230 g/mol. The van der Waals surface area contributed by atoms with Crippen LogP contribution in [0.3, 0.4) is 0 Å². The van der Waals surface area contributed by atoms with Gasteiger partial charge in [-0.25, -0.2) is 0 Å². The number of nitriles is 1. The third kappa shape index (κ3) is 1.48. The van der Waals surface area contributed by atoms with Gasteiger partial charge in [-0.3, -0.25) is 4.90 Å². The van der Waals surface area contributed by atoms with Gasteiger partial charge in [0, 0.05) is 18.6 Å². The van der Waals surface area contributed by atoms with Crippen LogP contribution in [0.5, 0.6) is 0 Å². The first-order valence-corrected chi connectivity index (χ1v) is 7.42. The Morgan fingerprint density at radius 1 is 1.00 bits per heavy atom. The van der Waals surface area contributed by atoms with Crippen LogP contribution in [0.4, 0.5) is 0 Å². The second-order valence-electron chi connectivity index (χ2n) is 7.20. The molecule has 0 spiro atoms. The summed E-state index contributed by atoms with van der Waals surface area (Å²) in [6, 6.07) is 2.48. The molecule has 17 heavy (non-hydrogen) atoms. The molecule has 0 aromatic carbocycles. The number of likely N-dealkylation sites (tertiary alicyclic amines) is 1. The lowest BCUT2D eigenvalue weighted by Crippen LogP contribution is -2.59. The number of hydrogen-bond acceptors (Lipinski definition) is 2. The van der Waals surface area contributed by atoms with Crippen molar-refractivity contribution in [2.24, 2.45) is 23.7 Å². The zero-order chi connectivity index (χ0) is 11.5. The molecule has 4 bridgehead atoms. The van der Waals surface area contributed by atoms with Gasteiger partial charge < -0.3 is 0 Å². The summed E-state index contributed by atoms with van der Waals surface area (Å²) >= 11 is 0. The maximum atomic E-state index is 9.09. The van der Waals surface area contributed by atoms with E-state index < -0.39 is 0 Å². The van der Waals surface area contributed by atoms with Crippen LogP contribution in [0.2, 0.25) is 0 Å². The standard InChI is InChI=1S/C15H22N2/c16-9-11-1-2-17(10-11)15-6-12-3-13(7-15)5-14(4-12)8-15/h11-14H,1-8,10H2. The van der Waals surface area contributed by atoms with Gasteiger partial charge in [0.15, 0.2) is 0 Å². The van der Waals surface area contributed by atoms with Crippen molar-refractivity contribution in [2.75, 3.05) is 13.1 Å². The minimum Gasteiger partial charge on any atom is -0.296 e. The van der Waals surface area contributed by atoms with Crippen LogP contribution in [0.15, 0.2) is 0 Å². The molecule has 0 N–H and O–H groups in total. The molecule has 4 aliphatic carbocycles. The maximum Gasteiger partial charge on any atom is 0.0669 e. The third-order valence-corrected chi connectivity index (χ3v) is 6.05. The minimum atomic E-state index is 0.322. The highest BCUT2D eigenvalue weighted by atomic mass is 15.2. The number of rotatable bonds is 1. The molecule has 2 nitrogen and oxygen atoms in total. The van der Waals surface area contributed by atoms with E-state index in [-0.39, 0.29) is 0 Å². The average Bonchev–Trinajstić information content (AvgIpc) is 2.76. The Bertz CT molecular complexity index is 332. The molecule has 0 aromatic heterocycles. The van der Waals surface area contributed by atoms with Crippen LogP contribution in [-0.4, -0.2) is 23.5 Å². The maximum absolute atomic E-state index is 9.09. The quantitative estimate of drug-likeness (QED) is 0.692.